The first-order valence-electron chi connectivity index (χ1n) is 6.50. The molecule has 3 N–H and O–H groups in total. The number of nitrogens with zero attached hydrogens (tertiary/aromatic N) is 2. The van der Waals surface area contributed by atoms with Crippen molar-refractivity contribution in [3.63, 3.8) is 0 Å². The van der Waals surface area contributed by atoms with E-state index >= 15 is 0 Å². The van der Waals surface area contributed by atoms with Crippen molar-refractivity contribution in [3.05, 3.63) is 29.8 Å². The van der Waals surface area contributed by atoms with Gasteiger partial charge in [0, 0.05) is 13.1 Å². The Bertz CT molecular complexity index is 424. The zero-order valence-corrected chi connectivity index (χ0v) is 11.6. The Hall–Kier alpha value is -1.25. The van der Waals surface area contributed by atoms with Gasteiger partial charge in [0.1, 0.15) is 5.82 Å². The Morgan fingerprint density at radius 2 is 2.05 bits per heavy atom. The molecule has 0 saturated heterocycles. The molecule has 0 spiro atoms. The van der Waals surface area contributed by atoms with E-state index in [1.165, 1.54) is 12.1 Å². The van der Waals surface area contributed by atoms with Gasteiger partial charge in [-0.3, -0.25) is 9.88 Å². The first kappa shape index (κ1) is 17.8. The molecule has 0 amide bonds. The molecular formula is C13H19F4N3O. The number of pyridine rings is 1. The fraction of sp³-hybridized carbons (Fsp3) is 0.615. The highest BCUT2D eigenvalue weighted by atomic mass is 19.4. The highest BCUT2D eigenvalue weighted by Gasteiger charge is 2.31. The number of halogens is 4. The van der Waals surface area contributed by atoms with Crippen LogP contribution in [0.1, 0.15) is 18.7 Å². The van der Waals surface area contributed by atoms with E-state index in [2.05, 4.69) is 4.98 Å². The number of aromatic nitrogens is 1. The van der Waals surface area contributed by atoms with Crippen LogP contribution in [0.3, 0.4) is 0 Å². The summed E-state index contributed by atoms with van der Waals surface area (Å²) < 4.78 is 50.1. The molecule has 0 aliphatic heterocycles. The summed E-state index contributed by atoms with van der Waals surface area (Å²) in [4.78, 5) is 4.93. The Balaban J connectivity index is 2.67. The average Bonchev–Trinajstić information content (AvgIpc) is 2.37. The van der Waals surface area contributed by atoms with Crippen LogP contribution in [0.2, 0.25) is 0 Å². The summed E-state index contributed by atoms with van der Waals surface area (Å²) >= 11 is 0. The van der Waals surface area contributed by atoms with Crippen molar-refractivity contribution in [2.45, 2.75) is 19.1 Å². The number of alkyl halides is 3. The van der Waals surface area contributed by atoms with Gasteiger partial charge in [0.05, 0.1) is 31.1 Å². The Kier molecular flexibility index (Phi) is 6.50. The van der Waals surface area contributed by atoms with E-state index in [0.717, 1.165) is 11.1 Å². The molecule has 21 heavy (non-hydrogen) atoms. The molecular weight excluding hydrogens is 290 g/mol. The third-order valence-electron chi connectivity index (χ3n) is 3.07. The maximum atomic E-state index is 12.8. The second kappa shape index (κ2) is 7.67. The summed E-state index contributed by atoms with van der Waals surface area (Å²) in [7, 11) is 0. The van der Waals surface area contributed by atoms with Gasteiger partial charge in [-0.25, -0.2) is 4.39 Å². The van der Waals surface area contributed by atoms with Crippen molar-refractivity contribution < 1.29 is 22.7 Å². The Labute approximate surface area is 120 Å². The maximum absolute atomic E-state index is 12.8. The number of nitrogens with two attached hydrogens (primary N) is 1. The Morgan fingerprint density at radius 3 is 2.52 bits per heavy atom. The summed E-state index contributed by atoms with van der Waals surface area (Å²) in [6, 6.07) is 2.01. The standard InChI is InChI=1S/C13H19F4N3O/c1-9(7-20(4-5-21)8-13(15,16)17)12(18)11-3-2-10(14)6-19-11/h2-3,6,9,12,21H,4-5,7-8,18H2,1H3. The monoisotopic (exact) mass is 309 g/mol. The molecule has 0 aliphatic carbocycles. The highest BCUT2D eigenvalue weighted by Crippen LogP contribution is 2.21. The van der Waals surface area contributed by atoms with Crippen LogP contribution >= 0.6 is 0 Å². The number of rotatable bonds is 7. The summed E-state index contributed by atoms with van der Waals surface area (Å²) in [5, 5.41) is 8.84. The van der Waals surface area contributed by atoms with Crippen LogP contribution in [0.5, 0.6) is 0 Å². The number of aliphatic hydroxyl groups excluding tert-OH is 1. The van der Waals surface area contributed by atoms with Gasteiger partial charge in [0.15, 0.2) is 0 Å². The zero-order valence-electron chi connectivity index (χ0n) is 11.6. The third kappa shape index (κ3) is 6.36. The fourth-order valence-corrected chi connectivity index (χ4v) is 2.03. The number of hydrogen-bond donors (Lipinski definition) is 2. The predicted molar refractivity (Wildman–Crippen MR) is 69.9 cm³/mol. The van der Waals surface area contributed by atoms with Crippen molar-refractivity contribution >= 4 is 0 Å². The molecule has 4 nitrogen and oxygen atoms in total. The number of aliphatic hydroxyl groups is 1. The van der Waals surface area contributed by atoms with Crippen molar-refractivity contribution in [2.24, 2.45) is 11.7 Å². The molecule has 1 heterocycles. The molecule has 1 aromatic heterocycles. The van der Waals surface area contributed by atoms with Crippen LogP contribution in [-0.2, 0) is 0 Å². The molecule has 1 aromatic rings. The van der Waals surface area contributed by atoms with E-state index in [1.54, 1.807) is 6.92 Å². The molecule has 120 valence electrons. The first-order chi connectivity index (χ1) is 9.73. The van der Waals surface area contributed by atoms with Gasteiger partial charge >= 0.3 is 6.18 Å². The molecule has 2 atom stereocenters. The number of hydrogen-bond acceptors (Lipinski definition) is 4. The maximum Gasteiger partial charge on any atom is 0.401 e. The van der Waals surface area contributed by atoms with E-state index in [0.29, 0.717) is 5.69 Å². The lowest BCUT2D eigenvalue weighted by Crippen LogP contribution is -2.41. The minimum Gasteiger partial charge on any atom is -0.395 e. The minimum atomic E-state index is -4.34. The van der Waals surface area contributed by atoms with Crippen LogP contribution in [0.15, 0.2) is 18.3 Å². The van der Waals surface area contributed by atoms with Crippen molar-refractivity contribution in [1.29, 1.82) is 0 Å². The molecule has 0 saturated carbocycles. The van der Waals surface area contributed by atoms with Gasteiger partial charge in [0.25, 0.3) is 0 Å². The third-order valence-corrected chi connectivity index (χ3v) is 3.07. The molecule has 0 bridgehead atoms. The largest absolute Gasteiger partial charge is 0.401 e. The fourth-order valence-electron chi connectivity index (χ4n) is 2.03. The normalized spacial score (nSPS) is 15.2. The zero-order chi connectivity index (χ0) is 16.0. The molecule has 0 radical (unpaired) electrons. The molecule has 8 heteroatoms. The van der Waals surface area contributed by atoms with Crippen LogP contribution in [-0.4, -0.2) is 47.4 Å². The van der Waals surface area contributed by atoms with Crippen molar-refractivity contribution in [3.8, 4) is 0 Å². The minimum absolute atomic E-state index is 0.0558. The van der Waals surface area contributed by atoms with Gasteiger partial charge < -0.3 is 10.8 Å². The summed E-state index contributed by atoms with van der Waals surface area (Å²) in [5.41, 5.74) is 6.36. The second-order valence-corrected chi connectivity index (χ2v) is 4.98. The first-order valence-corrected chi connectivity index (χ1v) is 6.50. The molecule has 0 fully saturated rings. The molecule has 0 aliphatic rings. The summed E-state index contributed by atoms with van der Waals surface area (Å²) in [6.45, 7) is 0.179. The highest BCUT2D eigenvalue weighted by molar-refractivity contribution is 5.10. The van der Waals surface area contributed by atoms with Crippen LogP contribution in [0, 0.1) is 11.7 Å². The van der Waals surface area contributed by atoms with Gasteiger partial charge in [-0.05, 0) is 18.1 Å². The topological polar surface area (TPSA) is 62.4 Å². The average molecular weight is 309 g/mol. The van der Waals surface area contributed by atoms with Gasteiger partial charge in [0.2, 0.25) is 0 Å². The SMILES string of the molecule is CC(CN(CCO)CC(F)(F)F)C(N)c1ccc(F)cn1. The smallest absolute Gasteiger partial charge is 0.395 e. The predicted octanol–water partition coefficient (Wildman–Crippen LogP) is 1.71. The second-order valence-electron chi connectivity index (χ2n) is 4.98. The van der Waals surface area contributed by atoms with Crippen molar-refractivity contribution in [1.82, 2.24) is 9.88 Å². The summed E-state index contributed by atoms with van der Waals surface area (Å²) in [6.07, 6.45) is -3.32. The van der Waals surface area contributed by atoms with Crippen molar-refractivity contribution in [2.75, 3.05) is 26.2 Å². The van der Waals surface area contributed by atoms with E-state index < -0.39 is 24.6 Å². The van der Waals surface area contributed by atoms with Gasteiger partial charge in [-0.2, -0.15) is 13.2 Å². The summed E-state index contributed by atoms with van der Waals surface area (Å²) in [5.74, 6) is -0.838. The quantitative estimate of drug-likeness (QED) is 0.753. The lowest BCUT2D eigenvalue weighted by molar-refractivity contribution is -0.148. The molecule has 1 rings (SSSR count). The van der Waals surface area contributed by atoms with Crippen LogP contribution < -0.4 is 5.73 Å². The van der Waals surface area contributed by atoms with Crippen LogP contribution in [0.25, 0.3) is 0 Å². The van der Waals surface area contributed by atoms with E-state index in [4.69, 9.17) is 10.8 Å². The molecule has 0 aromatic carbocycles. The molecule has 2 unspecified atom stereocenters. The van der Waals surface area contributed by atoms with E-state index in [1.807, 2.05) is 0 Å². The van der Waals surface area contributed by atoms with E-state index in [9.17, 15) is 17.6 Å². The van der Waals surface area contributed by atoms with Gasteiger partial charge in [-0.15, -0.1) is 0 Å². The van der Waals surface area contributed by atoms with Gasteiger partial charge in [-0.1, -0.05) is 6.92 Å². The Morgan fingerprint density at radius 1 is 1.38 bits per heavy atom. The lowest BCUT2D eigenvalue weighted by Gasteiger charge is -2.28. The van der Waals surface area contributed by atoms with Crippen LogP contribution in [0.4, 0.5) is 17.6 Å². The lowest BCUT2D eigenvalue weighted by atomic mass is 9.98. The van der Waals surface area contributed by atoms with E-state index in [-0.39, 0.29) is 25.6 Å².